The molecule has 0 spiro atoms. The minimum Gasteiger partial charge on any atom is -0.287 e. The highest BCUT2D eigenvalue weighted by Crippen LogP contribution is 2.28. The van der Waals surface area contributed by atoms with E-state index in [1.54, 1.807) is 0 Å². The van der Waals surface area contributed by atoms with Crippen LogP contribution in [0.5, 0.6) is 0 Å². The van der Waals surface area contributed by atoms with Crippen molar-refractivity contribution in [2.45, 2.75) is 30.6 Å². The first-order valence-corrected chi connectivity index (χ1v) is 6.10. The van der Waals surface area contributed by atoms with Gasteiger partial charge in [0.25, 0.3) is 0 Å². The van der Waals surface area contributed by atoms with Crippen LogP contribution in [0, 0.1) is 0 Å². The molecule has 0 N–H and O–H groups in total. The van der Waals surface area contributed by atoms with Crippen molar-refractivity contribution < 1.29 is 4.79 Å². The van der Waals surface area contributed by atoms with Crippen molar-refractivity contribution >= 4 is 16.9 Å². The second-order valence-electron chi connectivity index (χ2n) is 3.69. The second kappa shape index (κ2) is 5.17. The third-order valence-electron chi connectivity index (χ3n) is 2.30. The zero-order valence-corrected chi connectivity index (χ0v) is 9.43. The Bertz CT molecular complexity index is 361. The molecule has 0 atom stereocenters. The molecule has 0 saturated heterocycles. The van der Waals surface area contributed by atoms with Gasteiger partial charge in [0, 0.05) is 11.3 Å². The van der Waals surface area contributed by atoms with Gasteiger partial charge in [-0.1, -0.05) is 41.6 Å². The molecule has 0 radical (unpaired) electrons. The molecular weight excluding hydrogens is 204 g/mol. The summed E-state index contributed by atoms with van der Waals surface area (Å²) in [5.41, 5.74) is 1.52. The Balaban J connectivity index is 1.74. The van der Waals surface area contributed by atoms with E-state index in [1.807, 2.05) is 30.3 Å². The molecule has 78 valence electrons. The van der Waals surface area contributed by atoms with Crippen LogP contribution in [0.3, 0.4) is 0 Å². The highest BCUT2D eigenvalue weighted by molar-refractivity contribution is 8.13. The minimum absolute atomic E-state index is 0.263. The van der Waals surface area contributed by atoms with Crippen molar-refractivity contribution in [2.75, 3.05) is 0 Å². The molecule has 0 heterocycles. The molecule has 0 unspecified atom stereocenters. The Morgan fingerprint density at radius 1 is 1.27 bits per heavy atom. The van der Waals surface area contributed by atoms with Crippen LogP contribution in [-0.2, 0) is 4.79 Å². The number of benzene rings is 1. The lowest BCUT2D eigenvalue weighted by atomic mass is 10.3. The smallest absolute Gasteiger partial charge is 0.193 e. The zero-order chi connectivity index (χ0) is 10.5. The van der Waals surface area contributed by atoms with E-state index in [0.717, 1.165) is 11.3 Å². The molecule has 1 saturated carbocycles. The molecule has 1 aromatic rings. The average molecular weight is 218 g/mol. The summed E-state index contributed by atoms with van der Waals surface area (Å²) in [4.78, 5) is 12.6. The number of rotatable bonds is 4. The van der Waals surface area contributed by atoms with Crippen LogP contribution in [-0.4, -0.2) is 5.12 Å². The van der Waals surface area contributed by atoms with Crippen molar-refractivity contribution in [3.05, 3.63) is 42.0 Å². The predicted molar refractivity (Wildman–Crippen MR) is 63.9 cm³/mol. The Morgan fingerprint density at radius 2 is 2.00 bits per heavy atom. The number of carbonyl (C=O) groups excluding carboxylic acids is 1. The number of hydrogen-bond donors (Lipinski definition) is 0. The molecule has 1 fully saturated rings. The zero-order valence-electron chi connectivity index (χ0n) is 8.61. The lowest BCUT2D eigenvalue weighted by Crippen LogP contribution is -1.89. The summed E-state index contributed by atoms with van der Waals surface area (Å²) in [6.07, 6.45) is 6.28. The lowest BCUT2D eigenvalue weighted by molar-refractivity contribution is -0.110. The first-order valence-electron chi connectivity index (χ1n) is 5.28. The van der Waals surface area contributed by atoms with Crippen molar-refractivity contribution in [2.24, 2.45) is 0 Å². The number of allylic oxidation sites excluding steroid dienone is 2. The quantitative estimate of drug-likeness (QED) is 0.564. The standard InChI is InChI=1S/C13H14OS/c14-13(8-4-5-11-9-10-11)15-12-6-2-1-3-7-12/h1-3,5-7H,4,8-10H2. The fourth-order valence-corrected chi connectivity index (χ4v) is 2.12. The summed E-state index contributed by atoms with van der Waals surface area (Å²) in [7, 11) is 0. The number of carbonyl (C=O) groups is 1. The third-order valence-corrected chi connectivity index (χ3v) is 3.23. The van der Waals surface area contributed by atoms with Gasteiger partial charge in [-0.25, -0.2) is 0 Å². The van der Waals surface area contributed by atoms with E-state index in [0.29, 0.717) is 6.42 Å². The highest BCUT2D eigenvalue weighted by Gasteiger charge is 2.10. The molecule has 15 heavy (non-hydrogen) atoms. The lowest BCUT2D eigenvalue weighted by Gasteiger charge is -1.98. The molecule has 0 bridgehead atoms. The molecule has 1 aromatic carbocycles. The van der Waals surface area contributed by atoms with Gasteiger partial charge < -0.3 is 0 Å². The molecule has 1 aliphatic carbocycles. The van der Waals surface area contributed by atoms with Crippen LogP contribution in [0.25, 0.3) is 0 Å². The first-order chi connectivity index (χ1) is 7.34. The van der Waals surface area contributed by atoms with Crippen LogP contribution in [0.1, 0.15) is 25.7 Å². The molecule has 2 rings (SSSR count). The Labute approximate surface area is 94.6 Å². The van der Waals surface area contributed by atoms with Gasteiger partial charge in [-0.05, 0) is 31.4 Å². The second-order valence-corrected chi connectivity index (χ2v) is 4.82. The van der Waals surface area contributed by atoms with Gasteiger partial charge in [0.15, 0.2) is 5.12 Å². The largest absolute Gasteiger partial charge is 0.287 e. The van der Waals surface area contributed by atoms with Crippen LogP contribution >= 0.6 is 11.8 Å². The topological polar surface area (TPSA) is 17.1 Å². The molecule has 0 aromatic heterocycles. The fraction of sp³-hybridized carbons (Fsp3) is 0.308. The third kappa shape index (κ3) is 3.92. The summed E-state index contributed by atoms with van der Waals surface area (Å²) in [5, 5.41) is 0.263. The fourth-order valence-electron chi connectivity index (χ4n) is 1.34. The summed E-state index contributed by atoms with van der Waals surface area (Å²) >= 11 is 1.35. The Kier molecular flexibility index (Phi) is 3.62. The van der Waals surface area contributed by atoms with E-state index < -0.39 is 0 Å². The summed E-state index contributed by atoms with van der Waals surface area (Å²) in [6, 6.07) is 9.83. The summed E-state index contributed by atoms with van der Waals surface area (Å²) in [5.74, 6) is 0. The van der Waals surface area contributed by atoms with E-state index in [1.165, 1.54) is 30.2 Å². The van der Waals surface area contributed by atoms with Crippen molar-refractivity contribution in [3.63, 3.8) is 0 Å². The van der Waals surface area contributed by atoms with Gasteiger partial charge in [-0.3, -0.25) is 4.79 Å². The van der Waals surface area contributed by atoms with Gasteiger partial charge in [0.05, 0.1) is 0 Å². The van der Waals surface area contributed by atoms with Gasteiger partial charge in [0.2, 0.25) is 0 Å². The van der Waals surface area contributed by atoms with Gasteiger partial charge in [0.1, 0.15) is 0 Å². The normalized spacial score (nSPS) is 13.7. The predicted octanol–water partition coefficient (Wildman–Crippen LogP) is 3.81. The first kappa shape index (κ1) is 10.5. The highest BCUT2D eigenvalue weighted by atomic mass is 32.2. The maximum absolute atomic E-state index is 11.5. The molecule has 2 heteroatoms. The minimum atomic E-state index is 0.263. The van der Waals surface area contributed by atoms with E-state index in [4.69, 9.17) is 0 Å². The summed E-state index contributed by atoms with van der Waals surface area (Å²) < 4.78 is 0. The monoisotopic (exact) mass is 218 g/mol. The van der Waals surface area contributed by atoms with E-state index >= 15 is 0 Å². The maximum atomic E-state index is 11.5. The number of hydrogen-bond acceptors (Lipinski definition) is 2. The molecule has 0 aliphatic heterocycles. The van der Waals surface area contributed by atoms with Gasteiger partial charge >= 0.3 is 0 Å². The Hall–Kier alpha value is -1.02. The molecule has 1 nitrogen and oxygen atoms in total. The summed E-state index contributed by atoms with van der Waals surface area (Å²) in [6.45, 7) is 0. The molecular formula is C13H14OS. The van der Waals surface area contributed by atoms with Crippen LogP contribution < -0.4 is 0 Å². The average Bonchev–Trinajstić information content (AvgIpc) is 3.03. The van der Waals surface area contributed by atoms with Crippen LogP contribution in [0.2, 0.25) is 0 Å². The van der Waals surface area contributed by atoms with Gasteiger partial charge in [-0.2, -0.15) is 0 Å². The van der Waals surface area contributed by atoms with Crippen LogP contribution in [0.15, 0.2) is 46.9 Å². The maximum Gasteiger partial charge on any atom is 0.193 e. The number of thioether (sulfide) groups is 1. The van der Waals surface area contributed by atoms with E-state index in [2.05, 4.69) is 6.08 Å². The Morgan fingerprint density at radius 3 is 2.67 bits per heavy atom. The molecule has 0 amide bonds. The van der Waals surface area contributed by atoms with E-state index in [-0.39, 0.29) is 5.12 Å². The van der Waals surface area contributed by atoms with E-state index in [9.17, 15) is 4.79 Å². The van der Waals surface area contributed by atoms with Crippen molar-refractivity contribution in [3.8, 4) is 0 Å². The van der Waals surface area contributed by atoms with Crippen molar-refractivity contribution in [1.29, 1.82) is 0 Å². The van der Waals surface area contributed by atoms with Gasteiger partial charge in [-0.15, -0.1) is 0 Å². The van der Waals surface area contributed by atoms with Crippen LogP contribution in [0.4, 0.5) is 0 Å². The SMILES string of the molecule is O=C(CCC=C1CC1)Sc1ccccc1. The molecule has 1 aliphatic rings. The van der Waals surface area contributed by atoms with Crippen molar-refractivity contribution in [1.82, 2.24) is 0 Å².